The maximum Gasteiger partial charge on any atom is 0.280 e. The fourth-order valence-corrected chi connectivity index (χ4v) is 2.52. The van der Waals surface area contributed by atoms with Crippen molar-refractivity contribution in [2.75, 3.05) is 19.1 Å². The lowest BCUT2D eigenvalue weighted by atomic mass is 10.2. The van der Waals surface area contributed by atoms with Crippen LogP contribution in [0.25, 0.3) is 21.6 Å². The van der Waals surface area contributed by atoms with E-state index in [2.05, 4.69) is 25.0 Å². The predicted octanol–water partition coefficient (Wildman–Crippen LogP) is -0.365. The molecule has 1 saturated heterocycles. The van der Waals surface area contributed by atoms with Gasteiger partial charge in [-0.1, -0.05) is 5.11 Å². The summed E-state index contributed by atoms with van der Waals surface area (Å²) in [5.41, 5.74) is 13.8. The average molecular weight is 322 g/mol. The van der Waals surface area contributed by atoms with Gasteiger partial charge in [0.25, 0.3) is 5.56 Å². The number of imidazole rings is 1. The van der Waals surface area contributed by atoms with Crippen LogP contribution in [0.5, 0.6) is 0 Å². The summed E-state index contributed by atoms with van der Waals surface area (Å²) in [6.07, 6.45) is 0.188. The Morgan fingerprint density at radius 2 is 2.52 bits per heavy atom. The lowest BCUT2D eigenvalue weighted by Crippen LogP contribution is -2.27. The second-order valence-corrected chi connectivity index (χ2v) is 4.89. The molecule has 23 heavy (non-hydrogen) atoms. The van der Waals surface area contributed by atoms with Crippen molar-refractivity contribution in [2.24, 2.45) is 5.11 Å². The number of ether oxygens (including phenoxy) is 2. The molecule has 0 spiro atoms. The number of azide groups is 1. The molecule has 2 aromatic heterocycles. The summed E-state index contributed by atoms with van der Waals surface area (Å²) in [5.74, 6) is -0.0305. The van der Waals surface area contributed by atoms with Crippen LogP contribution in [0.1, 0.15) is 12.6 Å². The number of aromatic amines is 1. The lowest BCUT2D eigenvalue weighted by molar-refractivity contribution is -0.0594. The largest absolute Gasteiger partial charge is 0.394 e. The number of hydrogen-bond acceptors (Lipinski definition) is 8. The second-order valence-electron chi connectivity index (χ2n) is 4.89. The maximum atomic E-state index is 11.8. The van der Waals surface area contributed by atoms with Gasteiger partial charge in [-0.2, -0.15) is 4.98 Å². The van der Waals surface area contributed by atoms with E-state index >= 15 is 0 Å². The SMILES string of the molecule is [N-]=[N+]=NCOC1C[C@H](n2cnc3c(=O)[nH]c(N)nc32)O[C@@H]1CO. The van der Waals surface area contributed by atoms with Crippen LogP contribution in [0.2, 0.25) is 0 Å². The van der Waals surface area contributed by atoms with Gasteiger partial charge in [-0.05, 0) is 5.53 Å². The molecule has 12 heteroatoms. The summed E-state index contributed by atoms with van der Waals surface area (Å²) >= 11 is 0. The lowest BCUT2D eigenvalue weighted by Gasteiger charge is -2.15. The fourth-order valence-electron chi connectivity index (χ4n) is 2.52. The van der Waals surface area contributed by atoms with Crippen LogP contribution < -0.4 is 11.3 Å². The number of aliphatic hydroxyl groups is 1. The second kappa shape index (κ2) is 6.22. The Balaban J connectivity index is 1.88. The Labute approximate surface area is 128 Å². The number of nitrogens with two attached hydrogens (primary N) is 1. The Bertz CT molecular complexity index is 810. The van der Waals surface area contributed by atoms with Crippen molar-refractivity contribution in [1.29, 1.82) is 0 Å². The van der Waals surface area contributed by atoms with Crippen molar-refractivity contribution in [1.82, 2.24) is 19.5 Å². The van der Waals surface area contributed by atoms with Gasteiger partial charge >= 0.3 is 0 Å². The molecule has 1 aliphatic rings. The Hall–Kier alpha value is -2.66. The third kappa shape index (κ3) is 2.83. The molecule has 3 rings (SSSR count). The summed E-state index contributed by atoms with van der Waals surface area (Å²) in [6, 6.07) is 0. The third-order valence-electron chi connectivity index (χ3n) is 3.53. The molecule has 0 bridgehead atoms. The number of fused-ring (bicyclic) bond motifs is 1. The Morgan fingerprint density at radius 1 is 1.70 bits per heavy atom. The van der Waals surface area contributed by atoms with Gasteiger partial charge in [-0.15, -0.1) is 0 Å². The number of anilines is 1. The van der Waals surface area contributed by atoms with Gasteiger partial charge in [-0.3, -0.25) is 14.3 Å². The zero-order valence-electron chi connectivity index (χ0n) is 11.9. The van der Waals surface area contributed by atoms with E-state index in [0.717, 1.165) is 0 Å². The third-order valence-corrected chi connectivity index (χ3v) is 3.53. The van der Waals surface area contributed by atoms with Crippen molar-refractivity contribution in [2.45, 2.75) is 24.9 Å². The van der Waals surface area contributed by atoms with Gasteiger partial charge in [0.1, 0.15) is 19.1 Å². The highest BCUT2D eigenvalue weighted by Gasteiger charge is 2.37. The van der Waals surface area contributed by atoms with Crippen LogP contribution in [-0.2, 0) is 9.47 Å². The van der Waals surface area contributed by atoms with Crippen LogP contribution in [0.15, 0.2) is 16.2 Å². The number of nitrogens with zero attached hydrogens (tertiary/aromatic N) is 6. The average Bonchev–Trinajstić information content (AvgIpc) is 3.11. The molecule has 1 unspecified atom stereocenters. The summed E-state index contributed by atoms with van der Waals surface area (Å²) < 4.78 is 12.6. The quantitative estimate of drug-likeness (QED) is 0.382. The minimum Gasteiger partial charge on any atom is -0.394 e. The van der Waals surface area contributed by atoms with Crippen molar-refractivity contribution in [3.63, 3.8) is 0 Å². The molecule has 0 aliphatic carbocycles. The number of H-pyrrole nitrogens is 1. The zero-order valence-corrected chi connectivity index (χ0v) is 11.9. The summed E-state index contributed by atoms with van der Waals surface area (Å²) in [7, 11) is 0. The van der Waals surface area contributed by atoms with E-state index < -0.39 is 24.0 Å². The monoisotopic (exact) mass is 322 g/mol. The number of aromatic nitrogens is 4. The maximum absolute atomic E-state index is 11.8. The fraction of sp³-hybridized carbons (Fsp3) is 0.545. The van der Waals surface area contributed by atoms with E-state index in [9.17, 15) is 9.90 Å². The van der Waals surface area contributed by atoms with Crippen LogP contribution in [-0.4, -0.2) is 50.2 Å². The molecule has 3 heterocycles. The highest BCUT2D eigenvalue weighted by molar-refractivity contribution is 5.70. The van der Waals surface area contributed by atoms with E-state index in [1.807, 2.05) is 0 Å². The van der Waals surface area contributed by atoms with Gasteiger partial charge in [0, 0.05) is 11.3 Å². The summed E-state index contributed by atoms with van der Waals surface area (Å²) in [6.45, 7) is -0.427. The van der Waals surface area contributed by atoms with Crippen molar-refractivity contribution >= 4 is 17.1 Å². The molecule has 0 radical (unpaired) electrons. The van der Waals surface area contributed by atoms with Crippen LogP contribution in [0.3, 0.4) is 0 Å². The Morgan fingerprint density at radius 3 is 3.26 bits per heavy atom. The van der Waals surface area contributed by atoms with Gasteiger partial charge < -0.3 is 20.3 Å². The number of nitrogen functional groups attached to an aromatic ring is 1. The number of nitrogens with one attached hydrogen (secondary N) is 1. The van der Waals surface area contributed by atoms with E-state index in [-0.39, 0.29) is 30.4 Å². The van der Waals surface area contributed by atoms with E-state index in [4.69, 9.17) is 20.7 Å². The molecule has 122 valence electrons. The van der Waals surface area contributed by atoms with Crippen LogP contribution in [0.4, 0.5) is 5.95 Å². The van der Waals surface area contributed by atoms with Crippen LogP contribution >= 0.6 is 0 Å². The molecule has 4 N–H and O–H groups in total. The first-order valence-electron chi connectivity index (χ1n) is 6.75. The highest BCUT2D eigenvalue weighted by atomic mass is 16.6. The molecule has 0 aromatic carbocycles. The Kier molecular flexibility index (Phi) is 4.12. The van der Waals surface area contributed by atoms with Gasteiger partial charge in [0.05, 0.1) is 19.0 Å². The molecule has 2 aromatic rings. The summed E-state index contributed by atoms with van der Waals surface area (Å²) in [4.78, 5) is 24.8. The minimum atomic E-state index is -0.592. The molecular weight excluding hydrogens is 308 g/mol. The number of rotatable bonds is 5. The summed E-state index contributed by atoms with van der Waals surface area (Å²) in [5, 5.41) is 12.7. The smallest absolute Gasteiger partial charge is 0.280 e. The highest BCUT2D eigenvalue weighted by Crippen LogP contribution is 2.32. The topological polar surface area (TPSA) is 177 Å². The predicted molar refractivity (Wildman–Crippen MR) is 77.1 cm³/mol. The normalized spacial score (nSPS) is 24.0. The molecule has 1 fully saturated rings. The van der Waals surface area contributed by atoms with E-state index in [0.29, 0.717) is 6.42 Å². The van der Waals surface area contributed by atoms with E-state index in [1.54, 1.807) is 4.57 Å². The van der Waals surface area contributed by atoms with Gasteiger partial charge in [-0.25, -0.2) is 4.98 Å². The van der Waals surface area contributed by atoms with Crippen molar-refractivity contribution < 1.29 is 14.6 Å². The van der Waals surface area contributed by atoms with Gasteiger partial charge in [0.15, 0.2) is 11.2 Å². The number of hydrogen-bond donors (Lipinski definition) is 3. The van der Waals surface area contributed by atoms with Gasteiger partial charge in [0.2, 0.25) is 5.95 Å². The first-order valence-corrected chi connectivity index (χ1v) is 6.75. The molecule has 3 atom stereocenters. The molecule has 1 aliphatic heterocycles. The van der Waals surface area contributed by atoms with Crippen LogP contribution in [0, 0.1) is 0 Å². The number of aliphatic hydroxyl groups excluding tert-OH is 1. The van der Waals surface area contributed by atoms with Crippen molar-refractivity contribution in [3.05, 3.63) is 27.1 Å². The first kappa shape index (κ1) is 15.2. The minimum absolute atomic E-state index is 0.0305. The van der Waals surface area contributed by atoms with Crippen molar-refractivity contribution in [3.8, 4) is 0 Å². The standard InChI is InChI=1S/C11H14N8O4/c12-11-16-9-8(10(21)17-11)14-3-19(9)7-1-5(6(2-20)23-7)22-4-15-18-13/h3,5-7,20H,1-2,4H2,(H3,12,16,17,21)/t5?,6-,7-/m1/s1. The molecular formula is C11H14N8O4. The molecule has 0 saturated carbocycles. The first-order chi connectivity index (χ1) is 11.1. The zero-order chi connectivity index (χ0) is 16.4. The molecule has 12 nitrogen and oxygen atoms in total. The molecule has 0 amide bonds. The van der Waals surface area contributed by atoms with E-state index in [1.165, 1.54) is 6.33 Å².